The molecule has 2 bridgehead atoms. The van der Waals surface area contributed by atoms with Crippen LogP contribution in [-0.4, -0.2) is 30.6 Å². The molecule has 4 nitrogen and oxygen atoms in total. The van der Waals surface area contributed by atoms with Gasteiger partial charge in [0.25, 0.3) is 0 Å². The molecule has 3 heterocycles. The second-order valence-electron chi connectivity index (χ2n) is 4.71. The zero-order chi connectivity index (χ0) is 11.6. The van der Waals surface area contributed by atoms with E-state index in [-0.39, 0.29) is 35.4 Å². The number of carbonyl (C=O) groups is 2. The Bertz CT molecular complexity index is 495. The molecule has 0 spiro atoms. The smallest absolute Gasteiger partial charge is 0.218 e. The van der Waals surface area contributed by atoms with Crippen LogP contribution in [0.1, 0.15) is 9.67 Å². The first-order valence-electron chi connectivity index (χ1n) is 5.66. The maximum atomic E-state index is 12.2. The minimum Gasteiger partial charge on any atom is -0.343 e. The van der Waals surface area contributed by atoms with E-state index in [4.69, 9.17) is 9.47 Å². The number of hydrogen-bond donors (Lipinski definition) is 0. The van der Waals surface area contributed by atoms with Crippen molar-refractivity contribution in [1.82, 2.24) is 0 Å². The lowest BCUT2D eigenvalue weighted by atomic mass is 10.1. The Balaban J connectivity index is 1.63. The van der Waals surface area contributed by atoms with Crippen molar-refractivity contribution in [3.8, 4) is 0 Å². The van der Waals surface area contributed by atoms with Gasteiger partial charge < -0.3 is 9.47 Å². The quantitative estimate of drug-likeness (QED) is 0.738. The summed E-state index contributed by atoms with van der Waals surface area (Å²) < 4.78 is 10.7. The summed E-state index contributed by atoms with van der Waals surface area (Å²) in [4.78, 5) is 24.9. The average molecular weight is 250 g/mol. The van der Waals surface area contributed by atoms with Gasteiger partial charge in [0.15, 0.2) is 11.6 Å². The SMILES string of the molecule is O=C1[C@@H]2OC[C@@H](O2)[C@@H]2[C@H]1[C@@H]2C(=O)c1cccs1. The Hall–Kier alpha value is -1.04. The third kappa shape index (κ3) is 1.24. The predicted molar refractivity (Wildman–Crippen MR) is 58.7 cm³/mol. The van der Waals surface area contributed by atoms with Crippen molar-refractivity contribution in [2.75, 3.05) is 6.61 Å². The van der Waals surface area contributed by atoms with Crippen LogP contribution in [-0.2, 0) is 14.3 Å². The second kappa shape index (κ2) is 3.25. The summed E-state index contributed by atoms with van der Waals surface area (Å²) in [6.45, 7) is 0.450. The molecule has 5 heteroatoms. The van der Waals surface area contributed by atoms with Gasteiger partial charge in [-0.2, -0.15) is 0 Å². The van der Waals surface area contributed by atoms with Crippen LogP contribution in [0.4, 0.5) is 0 Å². The van der Waals surface area contributed by atoms with Gasteiger partial charge in [0.2, 0.25) is 6.29 Å². The Morgan fingerprint density at radius 1 is 1.47 bits per heavy atom. The highest BCUT2D eigenvalue weighted by atomic mass is 32.1. The lowest BCUT2D eigenvalue weighted by Gasteiger charge is -2.14. The Kier molecular flexibility index (Phi) is 1.90. The Morgan fingerprint density at radius 2 is 2.35 bits per heavy atom. The van der Waals surface area contributed by atoms with Gasteiger partial charge in [-0.05, 0) is 11.4 Å². The molecule has 17 heavy (non-hydrogen) atoms. The number of Topliss-reactive ketones (excluding diaryl/α,β-unsaturated/α-hetero) is 2. The molecule has 2 aliphatic heterocycles. The maximum absolute atomic E-state index is 12.2. The number of ketones is 2. The maximum Gasteiger partial charge on any atom is 0.218 e. The van der Waals surface area contributed by atoms with Crippen molar-refractivity contribution in [2.24, 2.45) is 17.8 Å². The zero-order valence-corrected chi connectivity index (χ0v) is 9.68. The van der Waals surface area contributed by atoms with E-state index in [1.807, 2.05) is 17.5 Å². The van der Waals surface area contributed by atoms with Gasteiger partial charge in [-0.3, -0.25) is 9.59 Å². The molecule has 0 aromatic carbocycles. The summed E-state index contributed by atoms with van der Waals surface area (Å²) in [5.74, 6) is -0.218. The molecule has 0 N–H and O–H groups in total. The van der Waals surface area contributed by atoms with Crippen LogP contribution in [0.5, 0.6) is 0 Å². The number of fused-ring (bicyclic) bond motifs is 4. The van der Waals surface area contributed by atoms with Crippen molar-refractivity contribution in [2.45, 2.75) is 12.4 Å². The van der Waals surface area contributed by atoms with E-state index in [0.717, 1.165) is 4.88 Å². The molecule has 88 valence electrons. The van der Waals surface area contributed by atoms with Crippen molar-refractivity contribution in [1.29, 1.82) is 0 Å². The van der Waals surface area contributed by atoms with Gasteiger partial charge in [0.1, 0.15) is 0 Å². The first kappa shape index (κ1) is 9.94. The van der Waals surface area contributed by atoms with Crippen LogP contribution in [0.15, 0.2) is 17.5 Å². The van der Waals surface area contributed by atoms with Gasteiger partial charge in [0, 0.05) is 17.8 Å². The van der Waals surface area contributed by atoms with Crippen LogP contribution >= 0.6 is 11.3 Å². The number of ether oxygens (including phenoxy) is 2. The molecule has 3 fully saturated rings. The molecule has 1 aromatic heterocycles. The molecule has 0 amide bonds. The molecule has 4 rings (SSSR count). The topological polar surface area (TPSA) is 52.6 Å². The minimum absolute atomic E-state index is 0.0429. The first-order chi connectivity index (χ1) is 8.27. The number of carbonyl (C=O) groups excluding carboxylic acids is 2. The van der Waals surface area contributed by atoms with E-state index < -0.39 is 6.29 Å². The van der Waals surface area contributed by atoms with Gasteiger partial charge in [-0.15, -0.1) is 11.3 Å². The van der Waals surface area contributed by atoms with E-state index in [0.29, 0.717) is 6.61 Å². The summed E-state index contributed by atoms with van der Waals surface area (Å²) in [6, 6.07) is 3.68. The highest BCUT2D eigenvalue weighted by Crippen LogP contribution is 2.57. The molecule has 3 aliphatic rings. The fourth-order valence-corrected chi connectivity index (χ4v) is 3.73. The van der Waals surface area contributed by atoms with Gasteiger partial charge in [-0.25, -0.2) is 0 Å². The highest BCUT2D eigenvalue weighted by molar-refractivity contribution is 7.12. The van der Waals surface area contributed by atoms with Gasteiger partial charge in [0.05, 0.1) is 17.6 Å². The summed E-state index contributed by atoms with van der Waals surface area (Å²) in [7, 11) is 0. The zero-order valence-electron chi connectivity index (χ0n) is 8.87. The molecule has 5 atom stereocenters. The molecule has 1 aliphatic carbocycles. The third-order valence-electron chi connectivity index (χ3n) is 3.84. The largest absolute Gasteiger partial charge is 0.343 e. The van der Waals surface area contributed by atoms with E-state index in [1.165, 1.54) is 11.3 Å². The summed E-state index contributed by atoms with van der Waals surface area (Å²) >= 11 is 1.43. The van der Waals surface area contributed by atoms with Crippen molar-refractivity contribution < 1.29 is 19.1 Å². The second-order valence-corrected chi connectivity index (χ2v) is 5.66. The van der Waals surface area contributed by atoms with E-state index in [2.05, 4.69) is 0 Å². The van der Waals surface area contributed by atoms with Crippen LogP contribution in [0, 0.1) is 17.8 Å². The first-order valence-corrected chi connectivity index (χ1v) is 6.54. The van der Waals surface area contributed by atoms with Gasteiger partial charge in [-0.1, -0.05) is 6.07 Å². The summed E-state index contributed by atoms with van der Waals surface area (Å²) in [5.41, 5.74) is 0. The Morgan fingerprint density at radius 3 is 3.12 bits per heavy atom. The lowest BCUT2D eigenvalue weighted by molar-refractivity contribution is -0.153. The van der Waals surface area contributed by atoms with Gasteiger partial charge >= 0.3 is 0 Å². The van der Waals surface area contributed by atoms with E-state index >= 15 is 0 Å². The fraction of sp³-hybridized carbons (Fsp3) is 0.500. The standard InChI is InChI=1S/C12H10O4S/c13-10(6-2-1-3-17-6)8-7-5-4-15-12(16-5)11(14)9(7)8/h1-3,5,7-9,12H,4H2/t5-,7+,8-,9+,12-/m1/s1. The number of hydrogen-bond acceptors (Lipinski definition) is 5. The fourth-order valence-electron chi connectivity index (χ4n) is 3.01. The Labute approximate surface area is 102 Å². The highest BCUT2D eigenvalue weighted by Gasteiger charge is 2.68. The predicted octanol–water partition coefficient (Wildman–Crippen LogP) is 1.12. The van der Waals surface area contributed by atoms with E-state index in [1.54, 1.807) is 0 Å². The van der Waals surface area contributed by atoms with Crippen LogP contribution in [0.3, 0.4) is 0 Å². The monoisotopic (exact) mass is 250 g/mol. The van der Waals surface area contributed by atoms with E-state index in [9.17, 15) is 9.59 Å². The number of rotatable bonds is 2. The molecule has 0 unspecified atom stereocenters. The van der Waals surface area contributed by atoms with Crippen LogP contribution in [0.2, 0.25) is 0 Å². The molecule has 1 saturated carbocycles. The molecular formula is C12H10O4S. The normalized spacial score (nSPS) is 42.4. The molecule has 0 radical (unpaired) electrons. The molecular weight excluding hydrogens is 240 g/mol. The molecule has 2 saturated heterocycles. The molecule has 1 aromatic rings. The van der Waals surface area contributed by atoms with Crippen molar-refractivity contribution >= 4 is 22.9 Å². The summed E-state index contributed by atoms with van der Waals surface area (Å²) in [6.07, 6.45) is -0.765. The number of thiophene rings is 1. The average Bonchev–Trinajstić information content (AvgIpc) is 2.77. The lowest BCUT2D eigenvalue weighted by Crippen LogP contribution is -2.30. The summed E-state index contributed by atoms with van der Waals surface area (Å²) in [5, 5.41) is 1.88. The van der Waals surface area contributed by atoms with Crippen molar-refractivity contribution in [3.63, 3.8) is 0 Å². The van der Waals surface area contributed by atoms with Crippen LogP contribution < -0.4 is 0 Å². The minimum atomic E-state index is -0.706. The van der Waals surface area contributed by atoms with Crippen molar-refractivity contribution in [3.05, 3.63) is 22.4 Å². The van der Waals surface area contributed by atoms with Crippen LogP contribution in [0.25, 0.3) is 0 Å². The third-order valence-corrected chi connectivity index (χ3v) is 4.73.